The predicted molar refractivity (Wildman–Crippen MR) is 233 cm³/mol. The second-order valence-electron chi connectivity index (χ2n) is 18.6. The van der Waals surface area contributed by atoms with Gasteiger partial charge in [0, 0.05) is 23.6 Å². The molecule has 2 rings (SSSR count). The SMILES string of the molecule is CCCCCCCCCCCCC(=O)O[C@H]1[C@H](C)CCCC(C)=CC[C@@H](C(C)=Cc2csc(C)n2)OC(=O)C[C@H](O[Si](C)(C)C(C)(C)C)C(C)(C)C(=O)[C@@H]1C. The molecule has 0 amide bonds. The first-order chi connectivity index (χ1) is 25.7. The van der Waals surface area contributed by atoms with Crippen LogP contribution in [-0.4, -0.2) is 49.3 Å². The molecule has 7 nitrogen and oxygen atoms in total. The minimum atomic E-state index is -2.45. The molecule has 5 atom stereocenters. The number of Topliss-reactive ketones (excluding diaryl/α,β-unsaturated/α-hetero) is 1. The molecule has 1 aliphatic heterocycles. The van der Waals surface area contributed by atoms with Gasteiger partial charge >= 0.3 is 11.9 Å². The fourth-order valence-electron chi connectivity index (χ4n) is 7.28. The van der Waals surface area contributed by atoms with Crippen molar-refractivity contribution in [3.63, 3.8) is 0 Å². The monoisotopic (exact) mass is 802 g/mol. The van der Waals surface area contributed by atoms with Crippen LogP contribution >= 0.6 is 11.3 Å². The van der Waals surface area contributed by atoms with Crippen molar-refractivity contribution in [1.29, 1.82) is 0 Å². The van der Waals surface area contributed by atoms with E-state index in [0.29, 0.717) is 12.8 Å². The van der Waals surface area contributed by atoms with Crippen molar-refractivity contribution in [2.24, 2.45) is 17.3 Å². The molecule has 1 aliphatic rings. The summed E-state index contributed by atoms with van der Waals surface area (Å²) in [6, 6.07) is 0. The van der Waals surface area contributed by atoms with Crippen LogP contribution in [0.15, 0.2) is 22.6 Å². The summed E-state index contributed by atoms with van der Waals surface area (Å²) >= 11 is 1.59. The fraction of sp³-hybridized carbons (Fsp3) is 0.783. The number of ether oxygens (including phenoxy) is 2. The van der Waals surface area contributed by atoms with Gasteiger partial charge in [-0.1, -0.05) is 125 Å². The standard InChI is InChI=1S/C46H79NO6SSi/c1-14-15-16-17-18-19-20-21-22-23-27-41(48)52-43-34(3)26-24-25-33(2)28-29-39(35(4)30-38-32-54-37(6)47-38)51-42(49)31-40(46(10,11)44(50)36(43)5)53-55(12,13)45(7,8)9/h28,30,32,34,36,39-40,43H,14-27,29,31H2,1-13H3/t34-,36-,39+,40+,43+/m1/s1. The van der Waals surface area contributed by atoms with Crippen molar-refractivity contribution in [3.8, 4) is 0 Å². The number of hydrogen-bond acceptors (Lipinski definition) is 8. The number of carbonyl (C=O) groups is 3. The Morgan fingerprint density at radius 1 is 1.02 bits per heavy atom. The average molecular weight is 802 g/mol. The minimum absolute atomic E-state index is 0.0173. The average Bonchev–Trinajstić information content (AvgIpc) is 3.51. The zero-order valence-corrected chi connectivity index (χ0v) is 39.1. The largest absolute Gasteiger partial charge is 0.461 e. The van der Waals surface area contributed by atoms with Gasteiger partial charge in [0.05, 0.1) is 29.1 Å². The highest BCUT2D eigenvalue weighted by atomic mass is 32.1. The number of cyclic esters (lactones) is 1. The topological polar surface area (TPSA) is 91.8 Å². The molecular formula is C46H79NO6SSi. The molecule has 0 aliphatic carbocycles. The van der Waals surface area contributed by atoms with E-state index in [2.05, 4.69) is 65.7 Å². The zero-order valence-electron chi connectivity index (χ0n) is 37.2. The Balaban J connectivity index is 2.37. The summed E-state index contributed by atoms with van der Waals surface area (Å²) in [5.41, 5.74) is 1.94. The van der Waals surface area contributed by atoms with E-state index in [9.17, 15) is 14.4 Å². The maximum absolute atomic E-state index is 14.8. The Morgan fingerprint density at radius 3 is 2.18 bits per heavy atom. The Hall–Kier alpha value is -2.10. The lowest BCUT2D eigenvalue weighted by Crippen LogP contribution is -2.53. The summed E-state index contributed by atoms with van der Waals surface area (Å²) in [6.07, 6.45) is 17.9. The van der Waals surface area contributed by atoms with E-state index >= 15 is 0 Å². The van der Waals surface area contributed by atoms with Crippen molar-refractivity contribution >= 4 is 43.5 Å². The molecule has 0 bridgehead atoms. The highest BCUT2D eigenvalue weighted by Crippen LogP contribution is 2.42. The van der Waals surface area contributed by atoms with Gasteiger partial charge in [0.25, 0.3) is 0 Å². The van der Waals surface area contributed by atoms with E-state index in [-0.39, 0.29) is 29.1 Å². The van der Waals surface area contributed by atoms with Crippen LogP contribution in [0.2, 0.25) is 18.1 Å². The molecule has 0 unspecified atom stereocenters. The third kappa shape index (κ3) is 16.7. The summed E-state index contributed by atoms with van der Waals surface area (Å²) in [6.45, 7) is 26.9. The number of thiazole rings is 1. The van der Waals surface area contributed by atoms with Crippen molar-refractivity contribution in [1.82, 2.24) is 4.98 Å². The van der Waals surface area contributed by atoms with Gasteiger partial charge < -0.3 is 13.9 Å². The molecular weight excluding hydrogens is 723 g/mol. The van der Waals surface area contributed by atoms with Gasteiger partial charge in [0.15, 0.2) is 8.32 Å². The van der Waals surface area contributed by atoms with Gasteiger partial charge in [0.1, 0.15) is 18.0 Å². The fourth-order valence-corrected chi connectivity index (χ4v) is 9.30. The maximum Gasteiger partial charge on any atom is 0.309 e. The number of esters is 2. The van der Waals surface area contributed by atoms with Crippen molar-refractivity contribution in [2.75, 3.05) is 0 Å². The number of nitrogens with zero attached hydrogens (tertiary/aromatic N) is 1. The van der Waals surface area contributed by atoms with Gasteiger partial charge in [-0.2, -0.15) is 0 Å². The third-order valence-corrected chi connectivity index (χ3v) is 17.5. The highest BCUT2D eigenvalue weighted by Gasteiger charge is 2.49. The van der Waals surface area contributed by atoms with Gasteiger partial charge in [-0.05, 0) is 82.2 Å². The smallest absolute Gasteiger partial charge is 0.309 e. The molecule has 0 fully saturated rings. The van der Waals surface area contributed by atoms with Crippen LogP contribution < -0.4 is 0 Å². The first-order valence-electron chi connectivity index (χ1n) is 21.6. The van der Waals surface area contributed by atoms with E-state index in [1.54, 1.807) is 11.3 Å². The molecule has 0 radical (unpaired) electrons. The highest BCUT2D eigenvalue weighted by molar-refractivity contribution is 7.09. The molecule has 0 saturated heterocycles. The Bertz CT molecular complexity index is 1400. The van der Waals surface area contributed by atoms with E-state index in [1.807, 2.05) is 46.1 Å². The van der Waals surface area contributed by atoms with E-state index in [0.717, 1.165) is 54.8 Å². The maximum atomic E-state index is 14.8. The first kappa shape index (κ1) is 49.0. The van der Waals surface area contributed by atoms with Crippen LogP contribution in [0.4, 0.5) is 0 Å². The second kappa shape index (κ2) is 23.3. The number of hydrogen-bond donors (Lipinski definition) is 0. The van der Waals surface area contributed by atoms with E-state index in [4.69, 9.17) is 13.9 Å². The Labute approximate surface area is 341 Å². The number of unbranched alkanes of at least 4 members (excludes halogenated alkanes) is 9. The molecule has 0 aromatic carbocycles. The van der Waals surface area contributed by atoms with Gasteiger partial charge in [-0.3, -0.25) is 14.4 Å². The summed E-state index contributed by atoms with van der Waals surface area (Å²) in [5, 5.41) is 2.85. The van der Waals surface area contributed by atoms with Crippen LogP contribution in [0.5, 0.6) is 0 Å². The number of rotatable bonds is 16. The number of carbonyl (C=O) groups excluding carboxylic acids is 3. The number of ketones is 1. The Morgan fingerprint density at radius 2 is 1.62 bits per heavy atom. The second-order valence-corrected chi connectivity index (χ2v) is 24.5. The normalized spacial score (nSPS) is 24.0. The van der Waals surface area contributed by atoms with Crippen molar-refractivity contribution in [3.05, 3.63) is 33.3 Å². The van der Waals surface area contributed by atoms with E-state index < -0.39 is 43.9 Å². The van der Waals surface area contributed by atoms with Crippen LogP contribution in [-0.2, 0) is 28.3 Å². The van der Waals surface area contributed by atoms with Gasteiger partial charge in [0.2, 0.25) is 0 Å². The lowest BCUT2D eigenvalue weighted by atomic mass is 9.73. The first-order valence-corrected chi connectivity index (χ1v) is 25.3. The van der Waals surface area contributed by atoms with Crippen molar-refractivity contribution in [2.45, 2.75) is 215 Å². The molecule has 9 heteroatoms. The lowest BCUT2D eigenvalue weighted by molar-refractivity contribution is -0.160. The molecule has 1 aromatic rings. The zero-order chi connectivity index (χ0) is 41.4. The van der Waals surface area contributed by atoms with Gasteiger partial charge in [-0.15, -0.1) is 11.3 Å². The molecule has 2 heterocycles. The van der Waals surface area contributed by atoms with Crippen LogP contribution in [0, 0.1) is 24.2 Å². The van der Waals surface area contributed by atoms with E-state index in [1.165, 1.54) is 50.5 Å². The number of allylic oxidation sites excluding steroid dienone is 1. The number of aryl methyl sites for hydroxylation is 1. The summed E-state index contributed by atoms with van der Waals surface area (Å²) < 4.78 is 19.6. The minimum Gasteiger partial charge on any atom is -0.461 e. The third-order valence-electron chi connectivity index (χ3n) is 12.2. The molecule has 55 heavy (non-hydrogen) atoms. The molecule has 0 N–H and O–H groups in total. The molecule has 0 saturated carbocycles. The quantitative estimate of drug-likeness (QED) is 0.0711. The number of aromatic nitrogens is 1. The van der Waals surface area contributed by atoms with Crippen molar-refractivity contribution < 1.29 is 28.3 Å². The summed E-state index contributed by atoms with van der Waals surface area (Å²) in [7, 11) is -2.45. The molecule has 1 aromatic heterocycles. The molecule has 0 spiro atoms. The van der Waals surface area contributed by atoms with Crippen LogP contribution in [0.25, 0.3) is 6.08 Å². The van der Waals surface area contributed by atoms with Gasteiger partial charge in [-0.25, -0.2) is 4.98 Å². The van der Waals surface area contributed by atoms with Crippen LogP contribution in [0.1, 0.15) is 183 Å². The predicted octanol–water partition coefficient (Wildman–Crippen LogP) is 13.2. The summed E-state index contributed by atoms with van der Waals surface area (Å²) in [4.78, 5) is 46.8. The summed E-state index contributed by atoms with van der Waals surface area (Å²) in [5.74, 6) is -1.26. The lowest BCUT2D eigenvalue weighted by Gasteiger charge is -2.44. The molecule has 314 valence electrons. The van der Waals surface area contributed by atoms with Crippen LogP contribution in [0.3, 0.4) is 0 Å². The Kier molecular flexibility index (Phi) is 20.8.